The summed E-state index contributed by atoms with van der Waals surface area (Å²) in [5.74, 6) is 0.931. The second-order valence-electron chi connectivity index (χ2n) is 6.79. The summed E-state index contributed by atoms with van der Waals surface area (Å²) in [6.07, 6.45) is 4.99. The zero-order chi connectivity index (χ0) is 15.7. The normalized spacial score (nSPS) is 17.0. The van der Waals surface area contributed by atoms with Gasteiger partial charge < -0.3 is 9.88 Å². The number of hydrogen-bond donors (Lipinski definition) is 1. The van der Waals surface area contributed by atoms with Crippen molar-refractivity contribution in [1.29, 1.82) is 0 Å². The minimum atomic E-state index is 0.144. The highest BCUT2D eigenvalue weighted by Crippen LogP contribution is 2.31. The van der Waals surface area contributed by atoms with Crippen molar-refractivity contribution in [3.8, 4) is 0 Å². The lowest BCUT2D eigenvalue weighted by molar-refractivity contribution is -0.126. The summed E-state index contributed by atoms with van der Waals surface area (Å²) in [6, 6.07) is 8.64. The Morgan fingerprint density at radius 3 is 2.77 bits per heavy atom. The van der Waals surface area contributed by atoms with Crippen molar-refractivity contribution >= 4 is 16.8 Å². The van der Waals surface area contributed by atoms with Gasteiger partial charge in [0.1, 0.15) is 0 Å². The van der Waals surface area contributed by atoms with Crippen LogP contribution < -0.4 is 5.32 Å². The third-order valence-electron chi connectivity index (χ3n) is 5.33. The van der Waals surface area contributed by atoms with Gasteiger partial charge in [-0.1, -0.05) is 25.8 Å². The van der Waals surface area contributed by atoms with Gasteiger partial charge in [-0.2, -0.15) is 0 Å². The Balaban J connectivity index is 1.64. The Labute approximate surface area is 132 Å². The average Bonchev–Trinajstić information content (AvgIpc) is 3.13. The van der Waals surface area contributed by atoms with Crippen molar-refractivity contribution in [1.82, 2.24) is 9.88 Å². The van der Waals surface area contributed by atoms with E-state index in [4.69, 9.17) is 0 Å². The van der Waals surface area contributed by atoms with E-state index < -0.39 is 0 Å². The SMILES string of the molecule is Cc1cc2cc(CNC(=O)C(C)C3CCCC3)ccc2n1C. The second-order valence-corrected chi connectivity index (χ2v) is 6.79. The summed E-state index contributed by atoms with van der Waals surface area (Å²) in [4.78, 5) is 12.3. The molecule has 0 spiro atoms. The number of carbonyl (C=O) groups excluding carboxylic acids is 1. The van der Waals surface area contributed by atoms with Gasteiger partial charge in [-0.25, -0.2) is 0 Å². The van der Waals surface area contributed by atoms with Crippen LogP contribution in [-0.2, 0) is 18.4 Å². The molecular weight excluding hydrogens is 272 g/mol. The highest BCUT2D eigenvalue weighted by Gasteiger charge is 2.26. The number of fused-ring (bicyclic) bond motifs is 1. The van der Waals surface area contributed by atoms with Gasteiger partial charge in [-0.15, -0.1) is 0 Å². The Morgan fingerprint density at radius 1 is 1.32 bits per heavy atom. The van der Waals surface area contributed by atoms with Crippen molar-refractivity contribution < 1.29 is 4.79 Å². The maximum atomic E-state index is 12.3. The van der Waals surface area contributed by atoms with Crippen molar-refractivity contribution in [2.45, 2.75) is 46.1 Å². The first-order valence-electron chi connectivity index (χ1n) is 8.39. The highest BCUT2D eigenvalue weighted by atomic mass is 16.1. The fourth-order valence-corrected chi connectivity index (χ4v) is 3.67. The third kappa shape index (κ3) is 2.90. The fraction of sp³-hybridized carbons (Fsp3) is 0.526. The van der Waals surface area contributed by atoms with Crippen LogP contribution in [0.25, 0.3) is 10.9 Å². The molecule has 1 unspecified atom stereocenters. The largest absolute Gasteiger partial charge is 0.352 e. The number of nitrogens with zero attached hydrogens (tertiary/aromatic N) is 1. The first-order valence-corrected chi connectivity index (χ1v) is 8.39. The molecule has 1 saturated carbocycles. The van der Waals surface area contributed by atoms with E-state index in [0.29, 0.717) is 12.5 Å². The van der Waals surface area contributed by atoms with Gasteiger partial charge in [0, 0.05) is 36.1 Å². The first-order chi connectivity index (χ1) is 10.6. The van der Waals surface area contributed by atoms with E-state index in [2.05, 4.69) is 55.0 Å². The van der Waals surface area contributed by atoms with Crippen LogP contribution in [0.3, 0.4) is 0 Å². The smallest absolute Gasteiger partial charge is 0.223 e. The molecule has 1 fully saturated rings. The quantitative estimate of drug-likeness (QED) is 0.911. The summed E-state index contributed by atoms with van der Waals surface area (Å²) < 4.78 is 2.19. The van der Waals surface area contributed by atoms with Gasteiger partial charge in [0.25, 0.3) is 0 Å². The molecule has 1 atom stereocenters. The zero-order valence-electron chi connectivity index (χ0n) is 13.9. The molecule has 1 amide bonds. The predicted octanol–water partition coefficient (Wildman–Crippen LogP) is 3.93. The molecule has 22 heavy (non-hydrogen) atoms. The molecule has 1 aliphatic carbocycles. The van der Waals surface area contributed by atoms with E-state index in [9.17, 15) is 4.79 Å². The second kappa shape index (κ2) is 6.15. The van der Waals surface area contributed by atoms with Gasteiger partial charge >= 0.3 is 0 Å². The Kier molecular flexibility index (Phi) is 4.23. The molecule has 0 radical (unpaired) electrons. The molecule has 0 aliphatic heterocycles. The molecule has 1 aromatic heterocycles. The van der Waals surface area contributed by atoms with Crippen LogP contribution in [0.1, 0.15) is 43.9 Å². The van der Waals surface area contributed by atoms with Gasteiger partial charge in [-0.05, 0) is 49.4 Å². The van der Waals surface area contributed by atoms with Crippen molar-refractivity contribution in [2.75, 3.05) is 0 Å². The minimum Gasteiger partial charge on any atom is -0.352 e. The standard InChI is InChI=1S/C19H26N2O/c1-13-10-17-11-15(8-9-18(17)21(13)3)12-20-19(22)14(2)16-6-4-5-7-16/h8-11,14,16H,4-7,12H2,1-3H3,(H,20,22). The van der Waals surface area contributed by atoms with Gasteiger partial charge in [0.15, 0.2) is 0 Å². The van der Waals surface area contributed by atoms with Crippen molar-refractivity contribution in [3.63, 3.8) is 0 Å². The lowest BCUT2D eigenvalue weighted by atomic mass is 9.92. The molecular formula is C19H26N2O. The van der Waals surface area contributed by atoms with E-state index >= 15 is 0 Å². The highest BCUT2D eigenvalue weighted by molar-refractivity contribution is 5.82. The van der Waals surface area contributed by atoms with Crippen molar-refractivity contribution in [3.05, 3.63) is 35.5 Å². The van der Waals surface area contributed by atoms with E-state index in [1.807, 2.05) is 0 Å². The van der Waals surface area contributed by atoms with Crippen LogP contribution in [0, 0.1) is 18.8 Å². The average molecular weight is 298 g/mol. The molecule has 3 rings (SSSR count). The number of amides is 1. The van der Waals surface area contributed by atoms with Crippen molar-refractivity contribution in [2.24, 2.45) is 18.9 Å². The topological polar surface area (TPSA) is 34.0 Å². The third-order valence-corrected chi connectivity index (χ3v) is 5.33. The number of nitrogens with one attached hydrogen (secondary N) is 1. The summed E-state index contributed by atoms with van der Waals surface area (Å²) in [5.41, 5.74) is 3.67. The Bertz CT molecular complexity index is 680. The van der Waals surface area contributed by atoms with Crippen LogP contribution in [0.15, 0.2) is 24.3 Å². The molecule has 3 heteroatoms. The lowest BCUT2D eigenvalue weighted by Gasteiger charge is -2.18. The number of carbonyl (C=O) groups is 1. The minimum absolute atomic E-state index is 0.144. The van der Waals surface area contributed by atoms with E-state index in [0.717, 1.165) is 0 Å². The molecule has 0 saturated heterocycles. The fourth-order valence-electron chi connectivity index (χ4n) is 3.67. The van der Waals surface area contributed by atoms with Crippen LogP contribution in [-0.4, -0.2) is 10.5 Å². The van der Waals surface area contributed by atoms with Gasteiger partial charge in [-0.3, -0.25) is 4.79 Å². The molecule has 0 bridgehead atoms. The predicted molar refractivity (Wildman–Crippen MR) is 90.6 cm³/mol. The van der Waals surface area contributed by atoms with Crippen LogP contribution in [0.4, 0.5) is 0 Å². The number of benzene rings is 1. The molecule has 1 aliphatic rings. The summed E-state index contributed by atoms with van der Waals surface area (Å²) in [7, 11) is 2.09. The molecule has 2 aromatic rings. The molecule has 118 valence electrons. The van der Waals surface area contributed by atoms with Crippen LogP contribution in [0.5, 0.6) is 0 Å². The van der Waals surface area contributed by atoms with Crippen LogP contribution in [0.2, 0.25) is 0 Å². The van der Waals surface area contributed by atoms with Gasteiger partial charge in [0.05, 0.1) is 0 Å². The molecule has 1 N–H and O–H groups in total. The zero-order valence-corrected chi connectivity index (χ0v) is 13.9. The summed E-state index contributed by atoms with van der Waals surface area (Å²) >= 11 is 0. The number of rotatable bonds is 4. The first kappa shape index (κ1) is 15.1. The van der Waals surface area contributed by atoms with E-state index in [1.54, 1.807) is 0 Å². The molecule has 1 heterocycles. The molecule has 3 nitrogen and oxygen atoms in total. The van der Waals surface area contributed by atoms with E-state index in [-0.39, 0.29) is 11.8 Å². The lowest BCUT2D eigenvalue weighted by Crippen LogP contribution is -2.32. The van der Waals surface area contributed by atoms with E-state index in [1.165, 1.54) is 47.8 Å². The Hall–Kier alpha value is -1.77. The molecule has 1 aromatic carbocycles. The maximum Gasteiger partial charge on any atom is 0.223 e. The number of hydrogen-bond acceptors (Lipinski definition) is 1. The number of aromatic nitrogens is 1. The van der Waals surface area contributed by atoms with Crippen LogP contribution >= 0.6 is 0 Å². The van der Waals surface area contributed by atoms with Gasteiger partial charge in [0.2, 0.25) is 5.91 Å². The number of aryl methyl sites for hydroxylation is 2. The maximum absolute atomic E-state index is 12.3. The summed E-state index contributed by atoms with van der Waals surface area (Å²) in [6.45, 7) is 4.82. The summed E-state index contributed by atoms with van der Waals surface area (Å²) in [5, 5.41) is 4.36. The Morgan fingerprint density at radius 2 is 2.05 bits per heavy atom. The monoisotopic (exact) mass is 298 g/mol.